The number of aromatic amines is 1. The molecule has 0 radical (unpaired) electrons. The van der Waals surface area contributed by atoms with Crippen LogP contribution in [-0.2, 0) is 10.0 Å². The highest BCUT2D eigenvalue weighted by molar-refractivity contribution is 7.90. The minimum absolute atomic E-state index is 0.141. The molecule has 0 bridgehead atoms. The summed E-state index contributed by atoms with van der Waals surface area (Å²) in [5.41, 5.74) is 2.32. The second-order valence-electron chi connectivity index (χ2n) is 6.82. The maximum absolute atomic E-state index is 12.7. The van der Waals surface area contributed by atoms with E-state index >= 15 is 0 Å². The molecular weight excluding hydrogens is 342 g/mol. The smallest absolute Gasteiger partial charge is 0.217 e. The highest BCUT2D eigenvalue weighted by atomic mass is 32.2. The number of fused-ring (bicyclic) bond motifs is 3. The second-order valence-corrected chi connectivity index (χ2v) is 9.03. The topological polar surface area (TPSA) is 99.5 Å². The Balaban J connectivity index is 1.59. The van der Waals surface area contributed by atoms with Crippen LogP contribution in [0.25, 0.3) is 16.8 Å². The van der Waals surface area contributed by atoms with Gasteiger partial charge in [-0.3, -0.25) is 9.30 Å². The summed E-state index contributed by atoms with van der Waals surface area (Å²) in [6.45, 7) is 1.61. The monoisotopic (exact) mass is 361 g/mol. The molecule has 1 saturated heterocycles. The van der Waals surface area contributed by atoms with Gasteiger partial charge in [0.1, 0.15) is 0 Å². The first kappa shape index (κ1) is 15.2. The largest absolute Gasteiger partial charge is 0.345 e. The Hall–Kier alpha value is -2.04. The Labute approximate surface area is 144 Å². The fourth-order valence-electron chi connectivity index (χ4n) is 3.55. The van der Waals surface area contributed by atoms with Gasteiger partial charge in [-0.2, -0.15) is 4.31 Å². The number of hydrogen-bond acceptors (Lipinski definition) is 6. The van der Waals surface area contributed by atoms with E-state index in [4.69, 9.17) is 0 Å². The van der Waals surface area contributed by atoms with Crippen LogP contribution in [0.4, 0.5) is 0 Å². The summed E-state index contributed by atoms with van der Waals surface area (Å²) in [5, 5.41) is 8.42. The highest BCUT2D eigenvalue weighted by Crippen LogP contribution is 2.34. The first-order valence-electron chi connectivity index (χ1n) is 8.42. The highest BCUT2D eigenvalue weighted by Gasteiger charge is 2.43. The standard InChI is InChI=1S/C15H19N7O2S/c1-20-6-7-21(25(23,24)10-2-3-10)9-12(20)15-19-18-13-8-17-14-11(22(13)15)4-5-16-14/h4-5,8,10,12,16H,2-3,6-7,9H2,1H3/t12-/m1/s1. The van der Waals surface area contributed by atoms with E-state index in [1.165, 1.54) is 0 Å². The lowest BCUT2D eigenvalue weighted by atomic mass is 10.2. The molecule has 0 spiro atoms. The quantitative estimate of drug-likeness (QED) is 0.724. The van der Waals surface area contributed by atoms with Crippen molar-refractivity contribution in [1.82, 2.24) is 33.8 Å². The number of H-pyrrole nitrogens is 1. The minimum atomic E-state index is -3.19. The third-order valence-corrected chi connectivity index (χ3v) is 7.55. The van der Waals surface area contributed by atoms with Crippen molar-refractivity contribution in [2.24, 2.45) is 0 Å². The molecule has 0 aromatic carbocycles. The van der Waals surface area contributed by atoms with Crippen molar-refractivity contribution in [2.45, 2.75) is 24.1 Å². The van der Waals surface area contributed by atoms with Gasteiger partial charge in [-0.15, -0.1) is 10.2 Å². The molecule has 25 heavy (non-hydrogen) atoms. The molecule has 1 atom stereocenters. The summed E-state index contributed by atoms with van der Waals surface area (Å²) in [6.07, 6.45) is 5.07. The maximum Gasteiger partial charge on any atom is 0.217 e. The lowest BCUT2D eigenvalue weighted by Crippen LogP contribution is -2.50. The van der Waals surface area contributed by atoms with Gasteiger partial charge in [-0.1, -0.05) is 0 Å². The van der Waals surface area contributed by atoms with Crippen LogP contribution in [0.1, 0.15) is 24.7 Å². The second kappa shape index (κ2) is 5.23. The Morgan fingerprint density at radius 1 is 1.24 bits per heavy atom. The number of likely N-dealkylation sites (N-methyl/N-ethyl adjacent to an activating group) is 1. The summed E-state index contributed by atoms with van der Waals surface area (Å²) < 4.78 is 28.9. The molecule has 3 aromatic heterocycles. The molecule has 1 N–H and O–H groups in total. The number of nitrogens with zero attached hydrogens (tertiary/aromatic N) is 6. The van der Waals surface area contributed by atoms with Crippen LogP contribution >= 0.6 is 0 Å². The average Bonchev–Trinajstić information content (AvgIpc) is 3.21. The van der Waals surface area contributed by atoms with E-state index in [0.29, 0.717) is 25.3 Å². The molecule has 4 heterocycles. The summed E-state index contributed by atoms with van der Waals surface area (Å²) >= 11 is 0. The van der Waals surface area contributed by atoms with Crippen molar-refractivity contribution < 1.29 is 8.42 Å². The van der Waals surface area contributed by atoms with Crippen LogP contribution in [-0.4, -0.2) is 74.1 Å². The van der Waals surface area contributed by atoms with Crippen LogP contribution in [0.15, 0.2) is 18.5 Å². The number of sulfonamides is 1. The van der Waals surface area contributed by atoms with E-state index in [9.17, 15) is 8.42 Å². The van der Waals surface area contributed by atoms with Crippen molar-refractivity contribution in [2.75, 3.05) is 26.7 Å². The molecule has 3 aromatic rings. The Morgan fingerprint density at radius 3 is 2.88 bits per heavy atom. The molecule has 132 valence electrons. The molecular formula is C15H19N7O2S. The van der Waals surface area contributed by atoms with Gasteiger partial charge in [0.05, 0.1) is 23.0 Å². The van der Waals surface area contributed by atoms with Gasteiger partial charge in [0.15, 0.2) is 17.1 Å². The van der Waals surface area contributed by atoms with Crippen LogP contribution < -0.4 is 0 Å². The fourth-order valence-corrected chi connectivity index (χ4v) is 5.39. The van der Waals surface area contributed by atoms with Gasteiger partial charge in [0, 0.05) is 25.8 Å². The van der Waals surface area contributed by atoms with Crippen molar-refractivity contribution in [1.29, 1.82) is 0 Å². The van der Waals surface area contributed by atoms with E-state index in [2.05, 4.69) is 25.1 Å². The summed E-state index contributed by atoms with van der Waals surface area (Å²) in [4.78, 5) is 9.57. The lowest BCUT2D eigenvalue weighted by molar-refractivity contribution is 0.141. The molecule has 0 amide bonds. The number of aromatic nitrogens is 5. The van der Waals surface area contributed by atoms with Crippen LogP contribution in [0.5, 0.6) is 0 Å². The van der Waals surface area contributed by atoms with Gasteiger partial charge in [0.25, 0.3) is 0 Å². The van der Waals surface area contributed by atoms with Gasteiger partial charge < -0.3 is 4.98 Å². The lowest BCUT2D eigenvalue weighted by Gasteiger charge is -2.37. The Bertz CT molecular complexity index is 1050. The van der Waals surface area contributed by atoms with Crippen molar-refractivity contribution in [3.8, 4) is 0 Å². The molecule has 0 unspecified atom stereocenters. The summed E-state index contributed by atoms with van der Waals surface area (Å²) in [5.74, 6) is 0.750. The van der Waals surface area contributed by atoms with Gasteiger partial charge >= 0.3 is 0 Å². The number of hydrogen-bond donors (Lipinski definition) is 1. The Kier molecular flexibility index (Phi) is 3.19. The zero-order valence-electron chi connectivity index (χ0n) is 13.8. The van der Waals surface area contributed by atoms with E-state index in [-0.39, 0.29) is 11.3 Å². The van der Waals surface area contributed by atoms with Crippen molar-refractivity contribution in [3.63, 3.8) is 0 Å². The molecule has 5 rings (SSSR count). The van der Waals surface area contributed by atoms with Crippen molar-refractivity contribution in [3.05, 3.63) is 24.3 Å². The van der Waals surface area contributed by atoms with Crippen molar-refractivity contribution >= 4 is 26.8 Å². The molecule has 2 aliphatic rings. The summed E-state index contributed by atoms with van der Waals surface area (Å²) in [7, 11) is -1.19. The van der Waals surface area contributed by atoms with E-state index < -0.39 is 10.0 Å². The zero-order valence-corrected chi connectivity index (χ0v) is 14.6. The van der Waals surface area contributed by atoms with Gasteiger partial charge in [-0.05, 0) is 26.0 Å². The van der Waals surface area contributed by atoms with Gasteiger partial charge in [0.2, 0.25) is 10.0 Å². The van der Waals surface area contributed by atoms with E-state index in [1.807, 2.05) is 23.7 Å². The first-order valence-corrected chi connectivity index (χ1v) is 9.92. The normalized spacial score (nSPS) is 23.6. The zero-order chi connectivity index (χ0) is 17.2. The number of nitrogens with one attached hydrogen (secondary N) is 1. The van der Waals surface area contributed by atoms with Crippen LogP contribution in [0.3, 0.4) is 0 Å². The molecule has 1 aliphatic heterocycles. The molecule has 2 fully saturated rings. The fraction of sp³-hybridized carbons (Fsp3) is 0.533. The third kappa shape index (κ3) is 2.28. The van der Waals surface area contributed by atoms with Crippen LogP contribution in [0.2, 0.25) is 0 Å². The van der Waals surface area contributed by atoms with E-state index in [0.717, 1.165) is 29.8 Å². The molecule has 9 nitrogen and oxygen atoms in total. The SMILES string of the molecule is CN1CCN(S(=O)(=O)C2CC2)C[C@@H]1c1nnc2cnc3[nH]ccc3n12. The third-order valence-electron chi connectivity index (χ3n) is 5.18. The maximum atomic E-state index is 12.7. The predicted molar refractivity (Wildman–Crippen MR) is 91.5 cm³/mol. The first-order chi connectivity index (χ1) is 12.1. The van der Waals surface area contributed by atoms with Crippen LogP contribution in [0, 0.1) is 0 Å². The Morgan fingerprint density at radius 2 is 2.08 bits per heavy atom. The average molecular weight is 361 g/mol. The van der Waals surface area contributed by atoms with Gasteiger partial charge in [-0.25, -0.2) is 13.4 Å². The molecule has 1 aliphatic carbocycles. The summed E-state index contributed by atoms with van der Waals surface area (Å²) in [6, 6.07) is 1.79. The number of rotatable bonds is 3. The van der Waals surface area contributed by atoms with E-state index in [1.54, 1.807) is 10.5 Å². The predicted octanol–water partition coefficient (Wildman–Crippen LogP) is 0.386. The minimum Gasteiger partial charge on any atom is -0.345 e. The molecule has 10 heteroatoms. The number of piperazine rings is 1. The molecule has 1 saturated carbocycles.